The highest BCUT2D eigenvalue weighted by Gasteiger charge is 2.27. The van der Waals surface area contributed by atoms with Crippen molar-refractivity contribution in [3.63, 3.8) is 0 Å². The van der Waals surface area contributed by atoms with Crippen LogP contribution in [-0.4, -0.2) is 30.7 Å². The van der Waals surface area contributed by atoms with Crippen molar-refractivity contribution in [1.82, 2.24) is 0 Å². The Morgan fingerprint density at radius 1 is 1.33 bits per heavy atom. The van der Waals surface area contributed by atoms with Crippen molar-refractivity contribution < 1.29 is 36.9 Å². The minimum Gasteiger partial charge on any atom is -0.478 e. The molecule has 1 aromatic carbocycles. The van der Waals surface area contributed by atoms with Gasteiger partial charge in [0.2, 0.25) is 0 Å². The fourth-order valence-electron chi connectivity index (χ4n) is 1.05. The topological polar surface area (TPSA) is 55.8 Å². The molecule has 0 bridgehead atoms. The van der Waals surface area contributed by atoms with Gasteiger partial charge in [0.15, 0.2) is 6.79 Å². The highest BCUT2D eigenvalue weighted by molar-refractivity contribution is 5.90. The van der Waals surface area contributed by atoms with Crippen molar-refractivity contribution >= 4 is 5.97 Å². The summed E-state index contributed by atoms with van der Waals surface area (Å²) in [5.41, 5.74) is -0.369. The van der Waals surface area contributed by atoms with E-state index >= 15 is 0 Å². The van der Waals surface area contributed by atoms with Gasteiger partial charge in [-0.15, -0.1) is 0 Å². The Morgan fingerprint density at radius 3 is 2.56 bits per heavy atom. The van der Waals surface area contributed by atoms with Crippen molar-refractivity contribution in [3.05, 3.63) is 29.6 Å². The van der Waals surface area contributed by atoms with Gasteiger partial charge in [0.25, 0.3) is 0 Å². The number of benzene rings is 1. The van der Waals surface area contributed by atoms with Crippen molar-refractivity contribution in [2.24, 2.45) is 0 Å². The fraction of sp³-hybridized carbons (Fsp3) is 0.300. The van der Waals surface area contributed by atoms with Crippen LogP contribution in [-0.2, 0) is 4.74 Å². The molecule has 4 nitrogen and oxygen atoms in total. The first-order valence-electron chi connectivity index (χ1n) is 4.60. The molecule has 0 amide bonds. The average molecular weight is 268 g/mol. The lowest BCUT2D eigenvalue weighted by atomic mass is 10.2. The van der Waals surface area contributed by atoms with Crippen LogP contribution in [0.4, 0.5) is 17.6 Å². The molecule has 0 spiro atoms. The number of carboxylic acid groups (broad SMARTS) is 1. The van der Waals surface area contributed by atoms with Gasteiger partial charge in [-0.2, -0.15) is 13.2 Å². The molecule has 0 saturated heterocycles. The minimum absolute atomic E-state index is 0.369. The van der Waals surface area contributed by atoms with Gasteiger partial charge >= 0.3 is 12.1 Å². The Morgan fingerprint density at radius 2 is 2.00 bits per heavy atom. The smallest absolute Gasteiger partial charge is 0.411 e. The van der Waals surface area contributed by atoms with Crippen molar-refractivity contribution in [2.75, 3.05) is 13.4 Å². The second kappa shape index (κ2) is 5.67. The summed E-state index contributed by atoms with van der Waals surface area (Å²) in [6.07, 6.45) is -4.51. The fourth-order valence-corrected chi connectivity index (χ4v) is 1.05. The highest BCUT2D eigenvalue weighted by Crippen LogP contribution is 2.20. The van der Waals surface area contributed by atoms with Gasteiger partial charge in [-0.05, 0) is 12.1 Å². The molecular formula is C10H8F4O4. The Balaban J connectivity index is 2.61. The van der Waals surface area contributed by atoms with E-state index in [1.165, 1.54) is 0 Å². The molecule has 0 aliphatic heterocycles. The van der Waals surface area contributed by atoms with E-state index in [-0.39, 0.29) is 5.56 Å². The third-order valence-corrected chi connectivity index (χ3v) is 1.74. The molecule has 0 heterocycles. The number of hydrogen-bond acceptors (Lipinski definition) is 3. The monoisotopic (exact) mass is 268 g/mol. The summed E-state index contributed by atoms with van der Waals surface area (Å²) in [5.74, 6) is -2.56. The van der Waals surface area contributed by atoms with E-state index in [4.69, 9.17) is 5.11 Å². The van der Waals surface area contributed by atoms with Crippen LogP contribution in [0, 0.1) is 5.82 Å². The van der Waals surface area contributed by atoms with E-state index in [2.05, 4.69) is 9.47 Å². The van der Waals surface area contributed by atoms with Crippen LogP contribution in [0.15, 0.2) is 18.2 Å². The Bertz CT molecular complexity index is 430. The lowest BCUT2D eigenvalue weighted by Gasteiger charge is -2.11. The molecule has 0 atom stereocenters. The van der Waals surface area contributed by atoms with Crippen LogP contribution in [0.5, 0.6) is 5.75 Å². The molecule has 0 aromatic heterocycles. The summed E-state index contributed by atoms with van der Waals surface area (Å²) < 4.78 is 56.7. The average Bonchev–Trinajstić information content (AvgIpc) is 2.22. The van der Waals surface area contributed by atoms with Crippen molar-refractivity contribution in [1.29, 1.82) is 0 Å². The Labute approximate surface area is 98.7 Å². The lowest BCUT2D eigenvalue weighted by molar-refractivity contribution is -0.186. The van der Waals surface area contributed by atoms with Crippen LogP contribution in [0.3, 0.4) is 0 Å². The molecule has 0 aliphatic rings. The molecule has 1 N–H and O–H groups in total. The molecule has 18 heavy (non-hydrogen) atoms. The zero-order valence-electron chi connectivity index (χ0n) is 8.83. The lowest BCUT2D eigenvalue weighted by Crippen LogP contribution is -2.19. The normalized spacial score (nSPS) is 11.3. The number of halogens is 4. The maximum absolute atomic E-state index is 12.8. The van der Waals surface area contributed by atoms with Gasteiger partial charge in [0, 0.05) is 6.07 Å². The molecule has 0 radical (unpaired) electrons. The largest absolute Gasteiger partial charge is 0.478 e. The van der Waals surface area contributed by atoms with E-state index in [1.807, 2.05) is 0 Å². The molecule has 0 fully saturated rings. The van der Waals surface area contributed by atoms with Gasteiger partial charge in [0.05, 0.1) is 0 Å². The molecule has 1 rings (SSSR count). The summed E-state index contributed by atoms with van der Waals surface area (Å²) in [6, 6.07) is 2.59. The van der Waals surface area contributed by atoms with Gasteiger partial charge in [-0.1, -0.05) is 0 Å². The van der Waals surface area contributed by atoms with E-state index in [9.17, 15) is 22.4 Å². The molecule has 0 aliphatic carbocycles. The summed E-state index contributed by atoms with van der Waals surface area (Å²) in [4.78, 5) is 10.7. The first kappa shape index (κ1) is 14.2. The van der Waals surface area contributed by atoms with Crippen LogP contribution < -0.4 is 4.74 Å². The molecule has 1 aromatic rings. The summed E-state index contributed by atoms with van der Waals surface area (Å²) in [7, 11) is 0. The van der Waals surface area contributed by atoms with Crippen molar-refractivity contribution in [3.8, 4) is 5.75 Å². The van der Waals surface area contributed by atoms with Crippen LogP contribution in [0.1, 0.15) is 10.4 Å². The number of rotatable bonds is 5. The van der Waals surface area contributed by atoms with E-state index in [0.29, 0.717) is 0 Å². The second-order valence-corrected chi connectivity index (χ2v) is 3.17. The van der Waals surface area contributed by atoms with E-state index in [1.54, 1.807) is 0 Å². The predicted molar refractivity (Wildman–Crippen MR) is 50.9 cm³/mol. The SMILES string of the molecule is O=C(O)c1ccc(F)cc1OCOCC(F)(F)F. The first-order chi connectivity index (χ1) is 8.29. The van der Waals surface area contributed by atoms with E-state index in [0.717, 1.165) is 18.2 Å². The number of alkyl halides is 3. The number of aromatic carboxylic acids is 1. The highest BCUT2D eigenvalue weighted by atomic mass is 19.4. The summed E-state index contributed by atoms with van der Waals surface area (Å²) >= 11 is 0. The maximum atomic E-state index is 12.8. The van der Waals surface area contributed by atoms with Gasteiger partial charge in [-0.3, -0.25) is 0 Å². The Kier molecular flexibility index (Phi) is 4.49. The molecule has 100 valence electrons. The van der Waals surface area contributed by atoms with Gasteiger partial charge in [-0.25, -0.2) is 9.18 Å². The zero-order chi connectivity index (χ0) is 13.8. The zero-order valence-corrected chi connectivity index (χ0v) is 8.83. The maximum Gasteiger partial charge on any atom is 0.411 e. The summed E-state index contributed by atoms with van der Waals surface area (Å²) in [5, 5.41) is 8.72. The molecule has 0 saturated carbocycles. The van der Waals surface area contributed by atoms with Crippen LogP contribution in [0.2, 0.25) is 0 Å². The molecular weight excluding hydrogens is 260 g/mol. The minimum atomic E-state index is -4.51. The first-order valence-corrected chi connectivity index (χ1v) is 4.60. The molecule has 0 unspecified atom stereocenters. The summed E-state index contributed by atoms with van der Waals surface area (Å²) in [6.45, 7) is -2.37. The van der Waals surface area contributed by atoms with Crippen LogP contribution >= 0.6 is 0 Å². The third-order valence-electron chi connectivity index (χ3n) is 1.74. The predicted octanol–water partition coefficient (Wildman–Crippen LogP) is 2.44. The number of carboxylic acids is 1. The van der Waals surface area contributed by atoms with Gasteiger partial charge < -0.3 is 14.6 Å². The number of hydrogen-bond donors (Lipinski definition) is 1. The standard InChI is InChI=1S/C10H8F4O4/c11-6-1-2-7(9(15)16)8(3-6)18-5-17-4-10(12,13)14/h1-3H,4-5H2,(H,15,16). The van der Waals surface area contributed by atoms with Crippen LogP contribution in [0.25, 0.3) is 0 Å². The van der Waals surface area contributed by atoms with E-state index < -0.39 is 37.1 Å². The number of carbonyl (C=O) groups is 1. The quantitative estimate of drug-likeness (QED) is 0.506. The Hall–Kier alpha value is -1.83. The van der Waals surface area contributed by atoms with Crippen molar-refractivity contribution in [2.45, 2.75) is 6.18 Å². The third kappa shape index (κ3) is 4.58. The molecule has 8 heteroatoms. The second-order valence-electron chi connectivity index (χ2n) is 3.17. The van der Waals surface area contributed by atoms with Gasteiger partial charge in [0.1, 0.15) is 23.7 Å². The number of ether oxygens (including phenoxy) is 2.